The molecule has 0 aromatic carbocycles. The van der Waals surface area contributed by atoms with E-state index in [1.807, 2.05) is 0 Å². The molecule has 1 N–H and O–H groups in total. The maximum absolute atomic E-state index is 11.0. The molecule has 0 saturated carbocycles. The van der Waals surface area contributed by atoms with E-state index >= 15 is 0 Å². The quantitative estimate of drug-likeness (QED) is 0.708. The minimum absolute atomic E-state index is 0.196. The van der Waals surface area contributed by atoms with Crippen molar-refractivity contribution in [1.29, 1.82) is 0 Å². The fraction of sp³-hybridized carbons (Fsp3) is 0.556. The van der Waals surface area contributed by atoms with Crippen molar-refractivity contribution >= 4 is 18.4 Å². The molecule has 1 heterocycles. The van der Waals surface area contributed by atoms with Crippen LogP contribution in [0.1, 0.15) is 31.5 Å². The van der Waals surface area contributed by atoms with Gasteiger partial charge in [0, 0.05) is 30.5 Å². The highest BCUT2D eigenvalue weighted by molar-refractivity contribution is 7.81. The molecular formula is C9H14N2OS. The Morgan fingerprint density at radius 2 is 2.54 bits per heavy atom. The van der Waals surface area contributed by atoms with Gasteiger partial charge in [-0.3, -0.25) is 4.79 Å². The number of carbonyl (C=O) groups is 1. The van der Waals surface area contributed by atoms with Gasteiger partial charge in [0.2, 0.25) is 0 Å². The van der Waals surface area contributed by atoms with Gasteiger partial charge in [0.05, 0.1) is 0 Å². The van der Waals surface area contributed by atoms with Crippen LogP contribution < -0.4 is 0 Å². The summed E-state index contributed by atoms with van der Waals surface area (Å²) >= 11 is 3.92. The van der Waals surface area contributed by atoms with Gasteiger partial charge in [0.1, 0.15) is 11.6 Å². The number of thiol groups is 1. The number of nitrogens with zero attached hydrogens (tertiary/aromatic N) is 1. The minimum Gasteiger partial charge on any atom is -0.348 e. The lowest BCUT2D eigenvalue weighted by molar-refractivity contribution is -0.116. The summed E-state index contributed by atoms with van der Waals surface area (Å²) in [7, 11) is 0. The molecule has 0 saturated heterocycles. The summed E-state index contributed by atoms with van der Waals surface area (Å²) in [6, 6.07) is 0. The average molecular weight is 198 g/mol. The van der Waals surface area contributed by atoms with Crippen LogP contribution in [0.5, 0.6) is 0 Å². The molecule has 0 amide bonds. The van der Waals surface area contributed by atoms with Gasteiger partial charge in [-0.1, -0.05) is 6.92 Å². The maximum Gasteiger partial charge on any atom is 0.142 e. The predicted octanol–water partition coefficient (Wildman–Crippen LogP) is 1.79. The van der Waals surface area contributed by atoms with Crippen molar-refractivity contribution in [2.75, 3.05) is 5.75 Å². The van der Waals surface area contributed by atoms with Gasteiger partial charge < -0.3 is 4.98 Å². The van der Waals surface area contributed by atoms with E-state index in [4.69, 9.17) is 0 Å². The Balaban J connectivity index is 2.34. The molecular weight excluding hydrogens is 184 g/mol. The first kappa shape index (κ1) is 10.3. The number of aromatic amines is 1. The zero-order valence-corrected chi connectivity index (χ0v) is 8.55. The number of ketones is 1. The monoisotopic (exact) mass is 198 g/mol. The Morgan fingerprint density at radius 3 is 3.08 bits per heavy atom. The summed E-state index contributed by atoms with van der Waals surface area (Å²) in [6.45, 7) is 2.06. The second kappa shape index (κ2) is 5.07. The first-order valence-corrected chi connectivity index (χ1v) is 4.99. The first-order valence-electron chi connectivity index (χ1n) is 4.36. The Morgan fingerprint density at radius 1 is 1.77 bits per heavy atom. The van der Waals surface area contributed by atoms with Crippen LogP contribution in [0.3, 0.4) is 0 Å². The zero-order chi connectivity index (χ0) is 9.68. The Bertz CT molecular complexity index is 259. The van der Waals surface area contributed by atoms with Crippen LogP contribution in [-0.2, 0) is 4.79 Å². The molecule has 3 nitrogen and oxygen atoms in total. The van der Waals surface area contributed by atoms with Crippen molar-refractivity contribution in [3.8, 4) is 0 Å². The third-order valence-corrected chi connectivity index (χ3v) is 2.37. The van der Waals surface area contributed by atoms with Crippen molar-refractivity contribution in [1.82, 2.24) is 9.97 Å². The van der Waals surface area contributed by atoms with Gasteiger partial charge in [-0.05, 0) is 6.42 Å². The van der Waals surface area contributed by atoms with Crippen LogP contribution in [0.4, 0.5) is 0 Å². The number of hydrogen-bond donors (Lipinski definition) is 2. The normalized spacial score (nSPS) is 12.8. The fourth-order valence-corrected chi connectivity index (χ4v) is 1.30. The SMILES string of the molecule is CC(CCC(=O)CS)c1ncc[nH]1. The Kier molecular flexibility index (Phi) is 4.02. The summed E-state index contributed by atoms with van der Waals surface area (Å²) in [6.07, 6.45) is 4.96. The fourth-order valence-electron chi connectivity index (χ4n) is 1.14. The molecule has 1 aromatic heterocycles. The molecule has 0 bridgehead atoms. The van der Waals surface area contributed by atoms with Crippen LogP contribution >= 0.6 is 12.6 Å². The minimum atomic E-state index is 0.196. The zero-order valence-electron chi connectivity index (χ0n) is 7.66. The average Bonchev–Trinajstić information content (AvgIpc) is 2.66. The van der Waals surface area contributed by atoms with E-state index in [2.05, 4.69) is 29.5 Å². The molecule has 72 valence electrons. The van der Waals surface area contributed by atoms with Crippen molar-refractivity contribution in [3.63, 3.8) is 0 Å². The Labute approximate surface area is 83.4 Å². The summed E-state index contributed by atoms with van der Waals surface area (Å²) in [5, 5.41) is 0. The summed E-state index contributed by atoms with van der Waals surface area (Å²) in [4.78, 5) is 18.1. The van der Waals surface area contributed by atoms with Crippen LogP contribution in [-0.4, -0.2) is 21.5 Å². The Hall–Kier alpha value is -0.770. The molecule has 0 aliphatic carbocycles. The largest absolute Gasteiger partial charge is 0.348 e. The highest BCUT2D eigenvalue weighted by Crippen LogP contribution is 2.16. The summed E-state index contributed by atoms with van der Waals surface area (Å²) < 4.78 is 0. The number of imidazole rings is 1. The second-order valence-electron chi connectivity index (χ2n) is 3.11. The standard InChI is InChI=1S/C9H14N2OS/c1-7(2-3-8(12)6-13)9-10-4-5-11-9/h4-5,7,13H,2-3,6H2,1H3,(H,10,11). The number of aromatic nitrogens is 2. The molecule has 0 radical (unpaired) electrons. The lowest BCUT2D eigenvalue weighted by atomic mass is 10.0. The van der Waals surface area contributed by atoms with Gasteiger partial charge in [-0.25, -0.2) is 4.98 Å². The maximum atomic E-state index is 11.0. The van der Waals surface area contributed by atoms with Gasteiger partial charge in [0.25, 0.3) is 0 Å². The molecule has 1 aromatic rings. The lowest BCUT2D eigenvalue weighted by Gasteiger charge is -2.06. The second-order valence-corrected chi connectivity index (χ2v) is 3.43. The van der Waals surface area contributed by atoms with Gasteiger partial charge in [0.15, 0.2) is 0 Å². The van der Waals surface area contributed by atoms with Crippen LogP contribution in [0.15, 0.2) is 12.4 Å². The van der Waals surface area contributed by atoms with Crippen LogP contribution in [0.2, 0.25) is 0 Å². The van der Waals surface area contributed by atoms with E-state index in [-0.39, 0.29) is 5.78 Å². The third-order valence-electron chi connectivity index (χ3n) is 2.02. The highest BCUT2D eigenvalue weighted by Gasteiger charge is 2.09. The molecule has 13 heavy (non-hydrogen) atoms. The molecule has 0 fully saturated rings. The van der Waals surface area contributed by atoms with Crippen LogP contribution in [0.25, 0.3) is 0 Å². The van der Waals surface area contributed by atoms with Crippen molar-refractivity contribution in [2.24, 2.45) is 0 Å². The number of carbonyl (C=O) groups excluding carboxylic acids is 1. The summed E-state index contributed by atoms with van der Waals surface area (Å²) in [5.41, 5.74) is 0. The molecule has 0 aliphatic heterocycles. The van der Waals surface area contributed by atoms with E-state index in [1.54, 1.807) is 12.4 Å². The number of H-pyrrole nitrogens is 1. The van der Waals surface area contributed by atoms with Crippen molar-refractivity contribution < 1.29 is 4.79 Å². The van der Waals surface area contributed by atoms with Gasteiger partial charge >= 0.3 is 0 Å². The number of hydrogen-bond acceptors (Lipinski definition) is 3. The van der Waals surface area contributed by atoms with E-state index in [9.17, 15) is 4.79 Å². The van der Waals surface area contributed by atoms with Crippen molar-refractivity contribution in [2.45, 2.75) is 25.7 Å². The van der Waals surface area contributed by atoms with Crippen LogP contribution in [0, 0.1) is 0 Å². The lowest BCUT2D eigenvalue weighted by Crippen LogP contribution is -2.03. The summed E-state index contributed by atoms with van der Waals surface area (Å²) in [5.74, 6) is 1.80. The molecule has 0 spiro atoms. The topological polar surface area (TPSA) is 45.8 Å². The molecule has 4 heteroatoms. The van der Waals surface area contributed by atoms with Crippen molar-refractivity contribution in [3.05, 3.63) is 18.2 Å². The van der Waals surface area contributed by atoms with E-state index in [0.717, 1.165) is 12.2 Å². The number of Topliss-reactive ketones (excluding diaryl/α,β-unsaturated/α-hetero) is 1. The first-order chi connectivity index (χ1) is 6.24. The highest BCUT2D eigenvalue weighted by atomic mass is 32.1. The van der Waals surface area contributed by atoms with E-state index < -0.39 is 0 Å². The molecule has 0 aliphatic rings. The van der Waals surface area contributed by atoms with E-state index in [1.165, 1.54) is 0 Å². The van der Waals surface area contributed by atoms with Gasteiger partial charge in [-0.15, -0.1) is 0 Å². The molecule has 1 atom stereocenters. The van der Waals surface area contributed by atoms with Gasteiger partial charge in [-0.2, -0.15) is 12.6 Å². The molecule has 1 unspecified atom stereocenters. The third kappa shape index (κ3) is 3.22. The number of nitrogens with one attached hydrogen (secondary N) is 1. The predicted molar refractivity (Wildman–Crippen MR) is 55.1 cm³/mol. The smallest absolute Gasteiger partial charge is 0.142 e. The number of rotatable bonds is 5. The van der Waals surface area contributed by atoms with E-state index in [0.29, 0.717) is 18.1 Å². The molecule has 1 rings (SSSR count).